The van der Waals surface area contributed by atoms with E-state index in [9.17, 15) is 4.39 Å². The highest BCUT2D eigenvalue weighted by Gasteiger charge is 2.09. The Morgan fingerprint density at radius 1 is 1.30 bits per heavy atom. The Hall–Kier alpha value is -2.54. The molecule has 23 heavy (non-hydrogen) atoms. The normalized spacial score (nSPS) is 10.8. The topological polar surface area (TPSA) is 65.7 Å². The minimum absolute atomic E-state index is 0.120. The predicted molar refractivity (Wildman–Crippen MR) is 82.2 cm³/mol. The maximum absolute atomic E-state index is 13.8. The summed E-state index contributed by atoms with van der Waals surface area (Å²) in [6.07, 6.45) is 3.07. The minimum Gasteiger partial charge on any atom is -0.457 e. The van der Waals surface area contributed by atoms with E-state index in [4.69, 9.17) is 16.3 Å². The van der Waals surface area contributed by atoms with Gasteiger partial charge in [0.15, 0.2) is 0 Å². The van der Waals surface area contributed by atoms with Gasteiger partial charge in [-0.3, -0.25) is 0 Å². The first-order chi connectivity index (χ1) is 11.0. The average Bonchev–Trinajstić information content (AvgIpc) is 2.99. The fraction of sp³-hybridized carbons (Fsp3) is 0.200. The summed E-state index contributed by atoms with van der Waals surface area (Å²) in [4.78, 5) is 8.06. The van der Waals surface area contributed by atoms with Crippen LogP contribution in [0.2, 0.25) is 5.02 Å². The Kier molecular flexibility index (Phi) is 4.20. The molecule has 0 bridgehead atoms. The van der Waals surface area contributed by atoms with Crippen LogP contribution in [0.25, 0.3) is 5.69 Å². The zero-order chi connectivity index (χ0) is 16.4. The van der Waals surface area contributed by atoms with Crippen molar-refractivity contribution in [1.29, 1.82) is 0 Å². The van der Waals surface area contributed by atoms with Crippen molar-refractivity contribution in [1.82, 2.24) is 25.0 Å². The quantitative estimate of drug-likeness (QED) is 0.734. The number of aryl methyl sites for hydroxylation is 2. The molecule has 0 fully saturated rings. The van der Waals surface area contributed by atoms with Crippen LogP contribution in [0, 0.1) is 19.7 Å². The second-order valence-electron chi connectivity index (χ2n) is 4.98. The molecule has 0 N–H and O–H groups in total. The van der Waals surface area contributed by atoms with Crippen LogP contribution in [0.4, 0.5) is 4.39 Å². The zero-order valence-corrected chi connectivity index (χ0v) is 13.3. The summed E-state index contributed by atoms with van der Waals surface area (Å²) in [6.45, 7) is 3.76. The monoisotopic (exact) mass is 333 g/mol. The molecule has 0 atom stereocenters. The summed E-state index contributed by atoms with van der Waals surface area (Å²) in [5.74, 6) is -0.371. The lowest BCUT2D eigenvalue weighted by molar-refractivity contribution is 0.275. The molecule has 0 aliphatic carbocycles. The van der Waals surface area contributed by atoms with Crippen molar-refractivity contribution in [3.05, 3.63) is 58.4 Å². The number of halogens is 2. The minimum atomic E-state index is -0.371. The van der Waals surface area contributed by atoms with Crippen molar-refractivity contribution in [2.45, 2.75) is 20.5 Å². The van der Waals surface area contributed by atoms with Crippen LogP contribution >= 0.6 is 11.6 Å². The van der Waals surface area contributed by atoms with E-state index in [0.717, 1.165) is 5.56 Å². The number of ether oxygens (including phenoxy) is 1. The molecule has 0 unspecified atom stereocenters. The molecule has 1 aromatic carbocycles. The average molecular weight is 334 g/mol. The molecule has 6 nitrogen and oxygen atoms in total. The lowest BCUT2D eigenvalue weighted by Crippen LogP contribution is -2.01. The van der Waals surface area contributed by atoms with E-state index in [1.807, 2.05) is 6.92 Å². The van der Waals surface area contributed by atoms with Gasteiger partial charge in [0.25, 0.3) is 0 Å². The highest BCUT2D eigenvalue weighted by atomic mass is 35.5. The fourth-order valence-corrected chi connectivity index (χ4v) is 2.01. The number of nitrogens with zero attached hydrogens (tertiary/aromatic N) is 5. The second-order valence-corrected chi connectivity index (χ2v) is 5.39. The Labute approximate surface area is 136 Å². The third kappa shape index (κ3) is 3.45. The van der Waals surface area contributed by atoms with Crippen molar-refractivity contribution in [2.75, 3.05) is 0 Å². The van der Waals surface area contributed by atoms with Crippen molar-refractivity contribution in [2.24, 2.45) is 0 Å². The second kappa shape index (κ2) is 6.29. The number of rotatable bonds is 4. The van der Waals surface area contributed by atoms with E-state index in [0.29, 0.717) is 22.1 Å². The van der Waals surface area contributed by atoms with E-state index >= 15 is 0 Å². The lowest BCUT2D eigenvalue weighted by atomic mass is 10.2. The Bertz CT molecular complexity index is 852. The van der Waals surface area contributed by atoms with Gasteiger partial charge in [0.05, 0.1) is 23.1 Å². The molecule has 2 heterocycles. The lowest BCUT2D eigenvalue weighted by Gasteiger charge is -2.04. The molecule has 0 amide bonds. The number of benzene rings is 1. The Balaban J connectivity index is 1.74. The maximum atomic E-state index is 13.8. The van der Waals surface area contributed by atoms with Gasteiger partial charge >= 0.3 is 6.01 Å². The number of hydrogen-bond donors (Lipinski definition) is 0. The van der Waals surface area contributed by atoms with Gasteiger partial charge in [0.2, 0.25) is 0 Å². The van der Waals surface area contributed by atoms with Crippen molar-refractivity contribution in [3.63, 3.8) is 0 Å². The van der Waals surface area contributed by atoms with E-state index in [1.54, 1.807) is 25.3 Å². The van der Waals surface area contributed by atoms with Gasteiger partial charge in [-0.25, -0.2) is 14.1 Å². The number of hydrogen-bond acceptors (Lipinski definition) is 5. The largest absolute Gasteiger partial charge is 0.457 e. The van der Waals surface area contributed by atoms with E-state index in [1.165, 1.54) is 16.9 Å². The summed E-state index contributed by atoms with van der Waals surface area (Å²) < 4.78 is 20.7. The molecule has 0 aliphatic rings. The maximum Gasteiger partial charge on any atom is 0.317 e. The van der Waals surface area contributed by atoms with Gasteiger partial charge in [-0.1, -0.05) is 22.9 Å². The van der Waals surface area contributed by atoms with Gasteiger partial charge in [0.1, 0.15) is 23.8 Å². The van der Waals surface area contributed by atoms with Crippen molar-refractivity contribution in [3.8, 4) is 11.7 Å². The zero-order valence-electron chi connectivity index (χ0n) is 12.5. The van der Waals surface area contributed by atoms with Crippen LogP contribution < -0.4 is 4.74 Å². The van der Waals surface area contributed by atoms with E-state index in [-0.39, 0.29) is 18.4 Å². The van der Waals surface area contributed by atoms with Crippen molar-refractivity contribution >= 4 is 11.6 Å². The molecular formula is C15H13ClFN5O. The van der Waals surface area contributed by atoms with Gasteiger partial charge < -0.3 is 4.74 Å². The third-order valence-corrected chi connectivity index (χ3v) is 3.51. The highest BCUT2D eigenvalue weighted by Crippen LogP contribution is 2.16. The van der Waals surface area contributed by atoms with Gasteiger partial charge in [0, 0.05) is 0 Å². The molecule has 0 aliphatic heterocycles. The van der Waals surface area contributed by atoms with E-state index in [2.05, 4.69) is 20.3 Å². The third-order valence-electron chi connectivity index (χ3n) is 3.14. The molecule has 118 valence electrons. The standard InChI is InChI=1S/C15H13ClFN5O/c1-9-3-4-13(17)14(5-9)22-7-11(20-21-22)8-23-15-18-6-12(16)10(2)19-15/h3-7H,8H2,1-2H3. The molecule has 0 saturated heterocycles. The predicted octanol–water partition coefficient (Wildman–Crippen LogP) is 3.05. The van der Waals surface area contributed by atoms with Crippen LogP contribution in [0.15, 0.2) is 30.6 Å². The van der Waals surface area contributed by atoms with E-state index < -0.39 is 0 Å². The van der Waals surface area contributed by atoms with Crippen LogP contribution in [0.3, 0.4) is 0 Å². The molecule has 3 aromatic rings. The smallest absolute Gasteiger partial charge is 0.317 e. The summed E-state index contributed by atoms with van der Waals surface area (Å²) in [5.41, 5.74) is 2.42. The van der Waals surface area contributed by atoms with Crippen LogP contribution in [0.5, 0.6) is 6.01 Å². The van der Waals surface area contributed by atoms with Crippen LogP contribution in [-0.4, -0.2) is 25.0 Å². The Morgan fingerprint density at radius 2 is 2.13 bits per heavy atom. The molecule has 0 spiro atoms. The summed E-state index contributed by atoms with van der Waals surface area (Å²) in [6, 6.07) is 4.98. The molecule has 2 aromatic heterocycles. The van der Waals surface area contributed by atoms with Gasteiger partial charge in [-0.15, -0.1) is 5.10 Å². The SMILES string of the molecule is Cc1ccc(F)c(-n2cc(COc3ncc(Cl)c(C)n3)nn2)c1. The Morgan fingerprint density at radius 3 is 2.91 bits per heavy atom. The molecule has 0 radical (unpaired) electrons. The molecule has 8 heteroatoms. The highest BCUT2D eigenvalue weighted by molar-refractivity contribution is 6.31. The molecule has 3 rings (SSSR count). The summed E-state index contributed by atoms with van der Waals surface area (Å²) >= 11 is 5.85. The first-order valence-electron chi connectivity index (χ1n) is 6.82. The first-order valence-corrected chi connectivity index (χ1v) is 7.20. The van der Waals surface area contributed by atoms with Crippen molar-refractivity contribution < 1.29 is 9.13 Å². The van der Waals surface area contributed by atoms with Gasteiger partial charge in [-0.2, -0.15) is 4.98 Å². The fourth-order valence-electron chi connectivity index (χ4n) is 1.92. The summed E-state index contributed by atoms with van der Waals surface area (Å²) in [5, 5.41) is 8.35. The summed E-state index contributed by atoms with van der Waals surface area (Å²) in [7, 11) is 0. The molecular weight excluding hydrogens is 321 g/mol. The van der Waals surface area contributed by atoms with Crippen LogP contribution in [0.1, 0.15) is 17.0 Å². The van der Waals surface area contributed by atoms with Crippen LogP contribution in [-0.2, 0) is 6.61 Å². The molecule has 0 saturated carbocycles. The van der Waals surface area contributed by atoms with Gasteiger partial charge in [-0.05, 0) is 31.5 Å². The first kappa shape index (κ1) is 15.4. The number of aromatic nitrogens is 5.